The van der Waals surface area contributed by atoms with Crippen LogP contribution in [0.4, 0.5) is 0 Å². The summed E-state index contributed by atoms with van der Waals surface area (Å²) in [7, 11) is 3.66. The molecule has 0 saturated heterocycles. The molecule has 0 spiro atoms. The molecule has 0 unspecified atom stereocenters. The van der Waals surface area contributed by atoms with E-state index in [0.29, 0.717) is 5.92 Å². The van der Waals surface area contributed by atoms with Crippen molar-refractivity contribution in [2.75, 3.05) is 20.6 Å². The van der Waals surface area contributed by atoms with Crippen LogP contribution in [0.15, 0.2) is 0 Å². The molecule has 1 atom stereocenters. The van der Waals surface area contributed by atoms with Crippen molar-refractivity contribution in [2.24, 2.45) is 5.92 Å². The van der Waals surface area contributed by atoms with Crippen molar-refractivity contribution in [3.63, 3.8) is 0 Å². The first kappa shape index (κ1) is 12.4. The highest BCUT2D eigenvalue weighted by Crippen LogP contribution is 2.01. The molecule has 3 nitrogen and oxygen atoms in total. The average molecular weight is 186 g/mol. The summed E-state index contributed by atoms with van der Waals surface area (Å²) in [6.45, 7) is 7.07. The Labute approximate surface area is 81.5 Å². The zero-order valence-electron chi connectivity index (χ0n) is 9.42. The topological polar surface area (TPSA) is 32.3 Å². The number of amides is 1. The maximum atomic E-state index is 11.6. The van der Waals surface area contributed by atoms with E-state index in [1.807, 2.05) is 14.0 Å². The molecule has 78 valence electrons. The second-order valence-corrected chi connectivity index (χ2v) is 3.95. The Balaban J connectivity index is 3.82. The van der Waals surface area contributed by atoms with Crippen LogP contribution in [0, 0.1) is 5.92 Å². The van der Waals surface area contributed by atoms with Gasteiger partial charge in [0, 0.05) is 13.6 Å². The highest BCUT2D eigenvalue weighted by atomic mass is 16.2. The van der Waals surface area contributed by atoms with Gasteiger partial charge in [-0.15, -0.1) is 0 Å². The van der Waals surface area contributed by atoms with E-state index in [2.05, 4.69) is 19.2 Å². The van der Waals surface area contributed by atoms with E-state index >= 15 is 0 Å². The molecule has 3 heteroatoms. The quantitative estimate of drug-likeness (QED) is 0.697. The van der Waals surface area contributed by atoms with E-state index in [-0.39, 0.29) is 11.9 Å². The van der Waals surface area contributed by atoms with Crippen molar-refractivity contribution in [1.82, 2.24) is 10.2 Å². The summed E-state index contributed by atoms with van der Waals surface area (Å²) in [6, 6.07) is -0.0721. The fraction of sp³-hybridized carbons (Fsp3) is 0.900. The highest BCUT2D eigenvalue weighted by molar-refractivity contribution is 5.81. The Kier molecular flexibility index (Phi) is 5.71. The molecule has 0 aliphatic carbocycles. The predicted octanol–water partition coefficient (Wildman–Crippen LogP) is 1.10. The number of nitrogens with one attached hydrogen (secondary N) is 1. The van der Waals surface area contributed by atoms with Gasteiger partial charge in [-0.1, -0.05) is 13.8 Å². The van der Waals surface area contributed by atoms with Crippen molar-refractivity contribution in [3.05, 3.63) is 0 Å². The minimum Gasteiger partial charge on any atom is -0.344 e. The lowest BCUT2D eigenvalue weighted by Crippen LogP contribution is -2.42. The lowest BCUT2D eigenvalue weighted by Gasteiger charge is -2.21. The summed E-state index contributed by atoms with van der Waals surface area (Å²) < 4.78 is 0. The van der Waals surface area contributed by atoms with E-state index in [1.54, 1.807) is 11.9 Å². The number of rotatable bonds is 5. The molecule has 0 aromatic rings. The summed E-state index contributed by atoms with van der Waals surface area (Å²) >= 11 is 0. The molecule has 0 bridgehead atoms. The molecule has 13 heavy (non-hydrogen) atoms. The van der Waals surface area contributed by atoms with Crippen LogP contribution in [0.1, 0.15) is 27.2 Å². The highest BCUT2D eigenvalue weighted by Gasteiger charge is 2.14. The van der Waals surface area contributed by atoms with Gasteiger partial charge in [0.05, 0.1) is 6.04 Å². The maximum Gasteiger partial charge on any atom is 0.239 e. The number of carbonyl (C=O) groups is 1. The van der Waals surface area contributed by atoms with Crippen LogP contribution in [-0.2, 0) is 4.79 Å². The van der Waals surface area contributed by atoms with Gasteiger partial charge >= 0.3 is 0 Å². The Morgan fingerprint density at radius 3 is 2.31 bits per heavy atom. The number of likely N-dealkylation sites (N-methyl/N-ethyl adjacent to an activating group) is 2. The van der Waals surface area contributed by atoms with E-state index < -0.39 is 0 Å². The predicted molar refractivity (Wildman–Crippen MR) is 55.6 cm³/mol. The number of hydrogen-bond acceptors (Lipinski definition) is 2. The van der Waals surface area contributed by atoms with Gasteiger partial charge in [-0.3, -0.25) is 4.79 Å². The van der Waals surface area contributed by atoms with Gasteiger partial charge in [0.15, 0.2) is 0 Å². The van der Waals surface area contributed by atoms with Crippen molar-refractivity contribution < 1.29 is 4.79 Å². The summed E-state index contributed by atoms with van der Waals surface area (Å²) in [5.41, 5.74) is 0. The third kappa shape index (κ3) is 4.88. The van der Waals surface area contributed by atoms with Crippen LogP contribution in [0.25, 0.3) is 0 Å². The van der Waals surface area contributed by atoms with Gasteiger partial charge in [0.2, 0.25) is 5.91 Å². The molecule has 0 fully saturated rings. The fourth-order valence-electron chi connectivity index (χ4n) is 1.02. The van der Waals surface area contributed by atoms with E-state index in [1.165, 1.54) is 0 Å². The van der Waals surface area contributed by atoms with Crippen LogP contribution in [0.2, 0.25) is 0 Å². The summed E-state index contributed by atoms with van der Waals surface area (Å²) in [5.74, 6) is 0.822. The molecule has 0 aromatic carbocycles. The first-order valence-corrected chi connectivity index (χ1v) is 4.91. The standard InChI is InChI=1S/C10H22N2O/c1-8(2)6-7-12(5)10(13)9(3)11-4/h8-9,11H,6-7H2,1-5H3/t9-/m0/s1. The molecule has 1 amide bonds. The van der Waals surface area contributed by atoms with E-state index in [0.717, 1.165) is 13.0 Å². The maximum absolute atomic E-state index is 11.6. The lowest BCUT2D eigenvalue weighted by molar-refractivity contribution is -0.131. The number of carbonyl (C=O) groups excluding carboxylic acids is 1. The minimum absolute atomic E-state index is 0.0721. The number of nitrogens with zero attached hydrogens (tertiary/aromatic N) is 1. The summed E-state index contributed by atoms with van der Waals surface area (Å²) in [4.78, 5) is 13.3. The van der Waals surface area contributed by atoms with E-state index in [4.69, 9.17) is 0 Å². The average Bonchev–Trinajstić information content (AvgIpc) is 2.11. The largest absolute Gasteiger partial charge is 0.344 e. The van der Waals surface area contributed by atoms with E-state index in [9.17, 15) is 4.79 Å². The first-order chi connectivity index (χ1) is 5.99. The molecule has 0 heterocycles. The molecule has 0 aliphatic heterocycles. The monoisotopic (exact) mass is 186 g/mol. The van der Waals surface area contributed by atoms with Gasteiger partial charge in [0.1, 0.15) is 0 Å². The second-order valence-electron chi connectivity index (χ2n) is 3.95. The molecule has 0 aromatic heterocycles. The Morgan fingerprint density at radius 2 is 1.92 bits per heavy atom. The minimum atomic E-state index is -0.0721. The van der Waals surface area contributed by atoms with Crippen LogP contribution >= 0.6 is 0 Å². The van der Waals surface area contributed by atoms with Gasteiger partial charge in [-0.05, 0) is 26.3 Å². The Morgan fingerprint density at radius 1 is 1.38 bits per heavy atom. The summed E-state index contributed by atoms with van der Waals surface area (Å²) in [5, 5.41) is 2.94. The number of hydrogen-bond donors (Lipinski definition) is 1. The molecule has 0 saturated carbocycles. The van der Waals surface area contributed by atoms with Crippen molar-refractivity contribution in [3.8, 4) is 0 Å². The summed E-state index contributed by atoms with van der Waals surface area (Å²) in [6.07, 6.45) is 1.07. The molecule has 0 aliphatic rings. The van der Waals surface area contributed by atoms with Crippen molar-refractivity contribution in [2.45, 2.75) is 33.2 Å². The second kappa shape index (κ2) is 5.97. The Hall–Kier alpha value is -0.570. The SMILES string of the molecule is CN[C@@H](C)C(=O)N(C)CCC(C)C. The molecular weight excluding hydrogens is 164 g/mol. The van der Waals surface area contributed by atoms with Crippen LogP contribution in [0.5, 0.6) is 0 Å². The van der Waals surface area contributed by atoms with Crippen molar-refractivity contribution >= 4 is 5.91 Å². The van der Waals surface area contributed by atoms with Crippen LogP contribution in [-0.4, -0.2) is 37.5 Å². The van der Waals surface area contributed by atoms with Crippen molar-refractivity contribution in [1.29, 1.82) is 0 Å². The fourth-order valence-corrected chi connectivity index (χ4v) is 1.02. The molecule has 0 rings (SSSR count). The zero-order valence-corrected chi connectivity index (χ0v) is 9.42. The van der Waals surface area contributed by atoms with Gasteiger partial charge < -0.3 is 10.2 Å². The first-order valence-electron chi connectivity index (χ1n) is 4.91. The third-order valence-electron chi connectivity index (χ3n) is 2.22. The van der Waals surface area contributed by atoms with Crippen LogP contribution < -0.4 is 5.32 Å². The third-order valence-corrected chi connectivity index (χ3v) is 2.22. The van der Waals surface area contributed by atoms with Gasteiger partial charge in [-0.25, -0.2) is 0 Å². The normalized spacial score (nSPS) is 13.1. The Bertz CT molecular complexity index is 157. The van der Waals surface area contributed by atoms with Gasteiger partial charge in [0.25, 0.3) is 0 Å². The molecular formula is C10H22N2O. The molecule has 1 N–H and O–H groups in total. The molecule has 0 radical (unpaired) electrons. The van der Waals surface area contributed by atoms with Crippen LogP contribution in [0.3, 0.4) is 0 Å². The lowest BCUT2D eigenvalue weighted by atomic mass is 10.1. The smallest absolute Gasteiger partial charge is 0.239 e. The zero-order chi connectivity index (χ0) is 10.4. The van der Waals surface area contributed by atoms with Gasteiger partial charge in [-0.2, -0.15) is 0 Å².